The van der Waals surface area contributed by atoms with Gasteiger partial charge in [0.2, 0.25) is 5.28 Å². The predicted molar refractivity (Wildman–Crippen MR) is 52.9 cm³/mol. The zero-order valence-corrected chi connectivity index (χ0v) is 8.54. The first-order chi connectivity index (χ1) is 6.61. The number of nitrogens with two attached hydrogens (primary N) is 1. The van der Waals surface area contributed by atoms with Crippen molar-refractivity contribution in [2.24, 2.45) is 7.05 Å². The van der Waals surface area contributed by atoms with Crippen molar-refractivity contribution in [2.45, 2.75) is 6.92 Å². The summed E-state index contributed by atoms with van der Waals surface area (Å²) in [6.07, 6.45) is 1.62. The molecule has 0 aromatic carbocycles. The third kappa shape index (κ3) is 1.17. The molecule has 0 bridgehead atoms. The van der Waals surface area contributed by atoms with Crippen molar-refractivity contribution in [3.63, 3.8) is 0 Å². The summed E-state index contributed by atoms with van der Waals surface area (Å²) in [7, 11) is 1.79. The van der Waals surface area contributed by atoms with Gasteiger partial charge in [-0.15, -0.1) is 0 Å². The Bertz CT molecular complexity index is 429. The Hall–Kier alpha value is -1.49. The average Bonchev–Trinajstić information content (AvgIpc) is 2.63. The van der Waals surface area contributed by atoms with E-state index >= 15 is 0 Å². The molecule has 0 aliphatic heterocycles. The van der Waals surface area contributed by atoms with E-state index in [0.29, 0.717) is 16.9 Å². The molecule has 0 saturated carbocycles. The van der Waals surface area contributed by atoms with Crippen LogP contribution in [0.5, 0.6) is 0 Å². The molecular formula is C8H9ClN4O. The number of nitrogen functional groups attached to an aromatic ring is 1. The SMILES string of the molecule is Cc1c(N)noc1-c1cnc(Cl)n1C. The minimum atomic E-state index is 0.386. The van der Waals surface area contributed by atoms with Crippen molar-refractivity contribution in [3.8, 4) is 11.5 Å². The molecule has 0 radical (unpaired) electrons. The first-order valence-electron chi connectivity index (χ1n) is 4.00. The molecule has 2 heterocycles. The summed E-state index contributed by atoms with van der Waals surface area (Å²) in [5.41, 5.74) is 7.12. The second-order valence-electron chi connectivity index (χ2n) is 2.99. The highest BCUT2D eigenvalue weighted by atomic mass is 35.5. The number of imidazole rings is 1. The smallest absolute Gasteiger partial charge is 0.202 e. The van der Waals surface area contributed by atoms with E-state index in [1.54, 1.807) is 17.8 Å². The summed E-state index contributed by atoms with van der Waals surface area (Å²) in [5, 5.41) is 4.06. The number of nitrogens with zero attached hydrogens (tertiary/aromatic N) is 3. The number of anilines is 1. The van der Waals surface area contributed by atoms with Crippen molar-refractivity contribution >= 4 is 17.4 Å². The van der Waals surface area contributed by atoms with E-state index < -0.39 is 0 Å². The quantitative estimate of drug-likeness (QED) is 0.780. The van der Waals surface area contributed by atoms with Crippen LogP contribution in [0.4, 0.5) is 5.82 Å². The molecule has 0 aliphatic carbocycles. The van der Waals surface area contributed by atoms with Gasteiger partial charge in [0.05, 0.1) is 6.20 Å². The molecule has 2 rings (SSSR count). The van der Waals surface area contributed by atoms with Gasteiger partial charge in [0.1, 0.15) is 5.69 Å². The van der Waals surface area contributed by atoms with Crippen LogP contribution in [0.2, 0.25) is 5.28 Å². The third-order valence-corrected chi connectivity index (χ3v) is 2.48. The topological polar surface area (TPSA) is 69.9 Å². The fraction of sp³-hybridized carbons (Fsp3) is 0.250. The second kappa shape index (κ2) is 3.02. The van der Waals surface area contributed by atoms with Gasteiger partial charge >= 0.3 is 0 Å². The van der Waals surface area contributed by atoms with E-state index in [2.05, 4.69) is 10.1 Å². The van der Waals surface area contributed by atoms with E-state index in [9.17, 15) is 0 Å². The molecule has 6 heteroatoms. The summed E-state index contributed by atoms with van der Waals surface area (Å²) >= 11 is 5.80. The lowest BCUT2D eigenvalue weighted by Crippen LogP contribution is -1.92. The monoisotopic (exact) mass is 212 g/mol. The van der Waals surface area contributed by atoms with E-state index in [-0.39, 0.29) is 0 Å². The lowest BCUT2D eigenvalue weighted by Gasteiger charge is -1.98. The molecule has 0 aliphatic rings. The molecule has 2 aromatic heterocycles. The van der Waals surface area contributed by atoms with Crippen molar-refractivity contribution in [3.05, 3.63) is 17.0 Å². The van der Waals surface area contributed by atoms with Crippen molar-refractivity contribution < 1.29 is 4.52 Å². The van der Waals surface area contributed by atoms with Crippen molar-refractivity contribution in [1.29, 1.82) is 0 Å². The Labute approximate surface area is 85.5 Å². The maximum Gasteiger partial charge on any atom is 0.202 e. The summed E-state index contributed by atoms with van der Waals surface area (Å²) in [5.74, 6) is 0.988. The maximum atomic E-state index is 5.80. The molecule has 0 unspecified atom stereocenters. The standard InChI is InChI=1S/C8H9ClN4O/c1-4-6(14-12-7(4)10)5-3-11-8(9)13(5)2/h3H,1-2H3,(H2,10,12). The summed E-state index contributed by atoms with van der Waals surface area (Å²) in [6.45, 7) is 1.84. The fourth-order valence-corrected chi connectivity index (χ4v) is 1.32. The fourth-order valence-electron chi connectivity index (χ4n) is 1.18. The van der Waals surface area contributed by atoms with Crippen molar-refractivity contribution in [1.82, 2.24) is 14.7 Å². The number of aromatic nitrogens is 3. The van der Waals surface area contributed by atoms with Crippen molar-refractivity contribution in [2.75, 3.05) is 5.73 Å². The first-order valence-corrected chi connectivity index (χ1v) is 4.38. The van der Waals surface area contributed by atoms with Crippen LogP contribution in [-0.2, 0) is 7.05 Å². The van der Waals surface area contributed by atoms with E-state index in [0.717, 1.165) is 11.3 Å². The predicted octanol–water partition coefficient (Wildman–Crippen LogP) is 1.62. The molecule has 0 saturated heterocycles. The normalized spacial score (nSPS) is 10.8. The largest absolute Gasteiger partial charge is 0.381 e. The molecule has 0 atom stereocenters. The number of halogens is 1. The highest BCUT2D eigenvalue weighted by molar-refractivity contribution is 6.28. The molecule has 0 fully saturated rings. The Balaban J connectivity index is 2.60. The molecular weight excluding hydrogens is 204 g/mol. The second-order valence-corrected chi connectivity index (χ2v) is 3.33. The van der Waals surface area contributed by atoms with Crippen LogP contribution in [0.1, 0.15) is 5.56 Å². The number of hydrogen-bond acceptors (Lipinski definition) is 4. The Morgan fingerprint density at radius 1 is 1.57 bits per heavy atom. The third-order valence-electron chi connectivity index (χ3n) is 2.12. The van der Waals surface area contributed by atoms with Gasteiger partial charge in [0.15, 0.2) is 11.6 Å². The van der Waals surface area contributed by atoms with Crippen LogP contribution in [0.15, 0.2) is 10.7 Å². The molecule has 2 aromatic rings. The maximum absolute atomic E-state index is 5.80. The van der Waals surface area contributed by atoms with Gasteiger partial charge in [-0.25, -0.2) is 4.98 Å². The molecule has 14 heavy (non-hydrogen) atoms. The van der Waals surface area contributed by atoms with Crippen LogP contribution >= 0.6 is 11.6 Å². The summed E-state index contributed by atoms with van der Waals surface area (Å²) in [6, 6.07) is 0. The van der Waals surface area contributed by atoms with Gasteiger partial charge in [-0.3, -0.25) is 0 Å². The van der Waals surface area contributed by atoms with Crippen LogP contribution in [0.25, 0.3) is 11.5 Å². The molecule has 5 nitrogen and oxygen atoms in total. The molecule has 2 N–H and O–H groups in total. The Kier molecular flexibility index (Phi) is 1.96. The van der Waals surface area contributed by atoms with Gasteiger partial charge in [0.25, 0.3) is 0 Å². The summed E-state index contributed by atoms with van der Waals surface area (Å²) < 4.78 is 6.78. The zero-order valence-electron chi connectivity index (χ0n) is 7.78. The Morgan fingerprint density at radius 3 is 2.71 bits per heavy atom. The molecule has 0 amide bonds. The first kappa shape index (κ1) is 9.08. The lowest BCUT2D eigenvalue weighted by molar-refractivity contribution is 0.432. The van der Waals surface area contributed by atoms with Gasteiger partial charge in [-0.05, 0) is 18.5 Å². The number of hydrogen-bond donors (Lipinski definition) is 1. The van der Waals surface area contributed by atoms with Gasteiger partial charge in [0, 0.05) is 12.6 Å². The average molecular weight is 213 g/mol. The highest BCUT2D eigenvalue weighted by Crippen LogP contribution is 2.27. The van der Waals surface area contributed by atoms with Crippen LogP contribution < -0.4 is 5.73 Å². The molecule has 74 valence electrons. The van der Waals surface area contributed by atoms with Crippen LogP contribution in [0, 0.1) is 6.92 Å². The highest BCUT2D eigenvalue weighted by Gasteiger charge is 2.15. The lowest BCUT2D eigenvalue weighted by atomic mass is 10.2. The van der Waals surface area contributed by atoms with Gasteiger partial charge < -0.3 is 14.8 Å². The van der Waals surface area contributed by atoms with Gasteiger partial charge in [-0.1, -0.05) is 5.16 Å². The van der Waals surface area contributed by atoms with Crippen LogP contribution in [-0.4, -0.2) is 14.7 Å². The van der Waals surface area contributed by atoms with Crippen LogP contribution in [0.3, 0.4) is 0 Å². The molecule has 0 spiro atoms. The zero-order chi connectivity index (χ0) is 10.3. The Morgan fingerprint density at radius 2 is 2.29 bits per heavy atom. The van der Waals surface area contributed by atoms with Gasteiger partial charge in [-0.2, -0.15) is 0 Å². The van der Waals surface area contributed by atoms with E-state index in [1.165, 1.54) is 0 Å². The summed E-state index contributed by atoms with van der Waals surface area (Å²) in [4.78, 5) is 3.94. The van der Waals surface area contributed by atoms with E-state index in [1.807, 2.05) is 6.92 Å². The minimum Gasteiger partial charge on any atom is -0.381 e. The number of rotatable bonds is 1. The minimum absolute atomic E-state index is 0.386. The van der Waals surface area contributed by atoms with E-state index in [4.69, 9.17) is 21.9 Å².